The predicted molar refractivity (Wildman–Crippen MR) is 99.1 cm³/mol. The minimum atomic E-state index is -0.450. The van der Waals surface area contributed by atoms with E-state index >= 15 is 0 Å². The van der Waals surface area contributed by atoms with Crippen LogP contribution in [-0.4, -0.2) is 24.3 Å². The van der Waals surface area contributed by atoms with E-state index in [-0.39, 0.29) is 24.3 Å². The molecule has 0 aliphatic heterocycles. The lowest BCUT2D eigenvalue weighted by molar-refractivity contribution is -0.129. The molecule has 0 saturated heterocycles. The van der Waals surface area contributed by atoms with E-state index in [1.165, 1.54) is 6.42 Å². The normalized spacial score (nSPS) is 14.8. The molecule has 0 spiro atoms. The highest BCUT2D eigenvalue weighted by Crippen LogP contribution is 2.23. The van der Waals surface area contributed by atoms with Gasteiger partial charge in [0.05, 0.1) is 6.54 Å². The molecule has 1 fully saturated rings. The summed E-state index contributed by atoms with van der Waals surface area (Å²) in [5, 5.41) is 2.63. The Labute approximate surface area is 155 Å². The average molecular weight is 443 g/mol. The third-order valence-corrected chi connectivity index (χ3v) is 5.31. The molecule has 1 aromatic rings. The Morgan fingerprint density at radius 3 is 2.50 bits per heavy atom. The zero-order valence-electron chi connectivity index (χ0n) is 13.7. The van der Waals surface area contributed by atoms with Gasteiger partial charge in [-0.15, -0.1) is 0 Å². The lowest BCUT2D eigenvalue weighted by atomic mass is 9.89. The Hall–Kier alpha value is -1.64. The molecule has 24 heavy (non-hydrogen) atoms. The highest BCUT2D eigenvalue weighted by molar-refractivity contribution is 14.1. The van der Waals surface area contributed by atoms with Crippen molar-refractivity contribution in [1.29, 1.82) is 0 Å². The summed E-state index contributed by atoms with van der Waals surface area (Å²) in [6.07, 6.45) is 5.08. The van der Waals surface area contributed by atoms with E-state index in [4.69, 9.17) is 0 Å². The molecule has 7 heteroatoms. The fourth-order valence-electron chi connectivity index (χ4n) is 2.65. The largest absolute Gasteiger partial charge is 0.347 e. The molecule has 0 heterocycles. The van der Waals surface area contributed by atoms with E-state index in [9.17, 15) is 14.4 Å². The molecule has 6 nitrogen and oxygen atoms in total. The minimum Gasteiger partial charge on any atom is -0.347 e. The lowest BCUT2D eigenvalue weighted by Gasteiger charge is -2.20. The summed E-state index contributed by atoms with van der Waals surface area (Å²) in [6.45, 7) is 1.82. The minimum absolute atomic E-state index is 0.00998. The van der Waals surface area contributed by atoms with Crippen molar-refractivity contribution in [1.82, 2.24) is 16.2 Å². The molecule has 0 atom stereocenters. The molecule has 130 valence electrons. The van der Waals surface area contributed by atoms with Crippen LogP contribution in [0.3, 0.4) is 0 Å². The van der Waals surface area contributed by atoms with Crippen LogP contribution in [0.2, 0.25) is 0 Å². The number of hydrogen-bond acceptors (Lipinski definition) is 3. The Bertz CT molecular complexity index is 628. The summed E-state index contributed by atoms with van der Waals surface area (Å²) in [7, 11) is 0. The third-order valence-electron chi connectivity index (χ3n) is 4.15. The summed E-state index contributed by atoms with van der Waals surface area (Å²) in [5.74, 6) is -0.908. The van der Waals surface area contributed by atoms with Crippen molar-refractivity contribution >= 4 is 40.3 Å². The number of hydrazine groups is 1. The number of halogens is 1. The molecule has 1 aromatic carbocycles. The predicted octanol–water partition coefficient (Wildman–Crippen LogP) is 2.06. The van der Waals surface area contributed by atoms with Gasteiger partial charge in [-0.3, -0.25) is 25.2 Å². The van der Waals surface area contributed by atoms with Crippen LogP contribution in [0.1, 0.15) is 48.0 Å². The van der Waals surface area contributed by atoms with E-state index in [2.05, 4.69) is 38.8 Å². The lowest BCUT2D eigenvalue weighted by Crippen LogP contribution is -2.47. The van der Waals surface area contributed by atoms with Crippen molar-refractivity contribution in [3.05, 3.63) is 32.9 Å². The Morgan fingerprint density at radius 1 is 1.12 bits per heavy atom. The van der Waals surface area contributed by atoms with E-state index in [1.807, 2.05) is 13.0 Å². The summed E-state index contributed by atoms with van der Waals surface area (Å²) in [6, 6.07) is 5.30. The van der Waals surface area contributed by atoms with Crippen molar-refractivity contribution in [2.24, 2.45) is 5.92 Å². The van der Waals surface area contributed by atoms with Crippen molar-refractivity contribution in [2.75, 3.05) is 6.54 Å². The maximum atomic E-state index is 12.0. The number of carbonyl (C=O) groups is 3. The smallest absolute Gasteiger partial charge is 0.269 e. The third kappa shape index (κ3) is 5.47. The standard InChI is InChI=1S/C17H22IN3O3/c1-11-7-8-13(9-14(11)18)17(24)21-20-15(22)10-19-16(23)12-5-3-2-4-6-12/h7-9,12H,2-6,10H2,1H3,(H,19,23)(H,20,22)(H,21,24). The molecular weight excluding hydrogens is 421 g/mol. The first-order valence-corrected chi connectivity index (χ1v) is 9.18. The maximum absolute atomic E-state index is 12.0. The molecule has 0 unspecified atom stereocenters. The van der Waals surface area contributed by atoms with Gasteiger partial charge in [0.2, 0.25) is 5.91 Å². The van der Waals surface area contributed by atoms with E-state index < -0.39 is 5.91 Å². The first kappa shape index (κ1) is 18.7. The van der Waals surface area contributed by atoms with Gasteiger partial charge in [0, 0.05) is 15.1 Å². The Balaban J connectivity index is 1.73. The molecule has 2 rings (SSSR count). The summed E-state index contributed by atoms with van der Waals surface area (Å²) in [4.78, 5) is 35.7. The molecule has 0 aromatic heterocycles. The van der Waals surface area contributed by atoms with Crippen LogP contribution < -0.4 is 16.2 Å². The number of benzene rings is 1. The SMILES string of the molecule is Cc1ccc(C(=O)NNC(=O)CNC(=O)C2CCCCC2)cc1I. The van der Waals surface area contributed by atoms with Gasteiger partial charge < -0.3 is 5.32 Å². The maximum Gasteiger partial charge on any atom is 0.269 e. The van der Waals surface area contributed by atoms with E-state index in [0.29, 0.717) is 5.56 Å². The second-order valence-corrected chi connectivity index (χ2v) is 7.18. The van der Waals surface area contributed by atoms with Crippen molar-refractivity contribution < 1.29 is 14.4 Å². The summed E-state index contributed by atoms with van der Waals surface area (Å²) < 4.78 is 0.978. The fourth-order valence-corrected chi connectivity index (χ4v) is 3.17. The molecule has 3 N–H and O–H groups in total. The second-order valence-electron chi connectivity index (χ2n) is 6.02. The number of hydrogen-bond donors (Lipinski definition) is 3. The van der Waals surface area contributed by atoms with Crippen LogP contribution >= 0.6 is 22.6 Å². The van der Waals surface area contributed by atoms with Crippen molar-refractivity contribution in [2.45, 2.75) is 39.0 Å². The van der Waals surface area contributed by atoms with Crippen molar-refractivity contribution in [3.63, 3.8) is 0 Å². The van der Waals surface area contributed by atoms with Crippen LogP contribution in [-0.2, 0) is 9.59 Å². The molecule has 3 amide bonds. The van der Waals surface area contributed by atoms with Gasteiger partial charge in [0.15, 0.2) is 0 Å². The van der Waals surface area contributed by atoms with Crippen LogP contribution in [0.15, 0.2) is 18.2 Å². The number of carbonyl (C=O) groups excluding carboxylic acids is 3. The molecule has 1 aliphatic carbocycles. The van der Waals surface area contributed by atoms with Crippen molar-refractivity contribution in [3.8, 4) is 0 Å². The number of nitrogens with one attached hydrogen (secondary N) is 3. The van der Waals surface area contributed by atoms with Gasteiger partial charge in [-0.2, -0.15) is 0 Å². The average Bonchev–Trinajstić information content (AvgIpc) is 2.60. The quantitative estimate of drug-likeness (QED) is 0.492. The van der Waals surface area contributed by atoms with E-state index in [0.717, 1.165) is 34.8 Å². The van der Waals surface area contributed by atoms with Crippen LogP contribution in [0.4, 0.5) is 0 Å². The van der Waals surface area contributed by atoms with Gasteiger partial charge in [-0.1, -0.05) is 25.3 Å². The summed E-state index contributed by atoms with van der Waals surface area (Å²) >= 11 is 2.15. The first-order chi connectivity index (χ1) is 11.5. The zero-order valence-corrected chi connectivity index (χ0v) is 15.8. The molecule has 0 bridgehead atoms. The number of aryl methyl sites for hydroxylation is 1. The van der Waals surface area contributed by atoms with Crippen LogP contribution in [0.5, 0.6) is 0 Å². The number of amides is 3. The Morgan fingerprint density at radius 2 is 1.83 bits per heavy atom. The van der Waals surface area contributed by atoms with Crippen LogP contribution in [0, 0.1) is 16.4 Å². The number of rotatable bonds is 4. The molecule has 0 radical (unpaired) electrons. The monoisotopic (exact) mass is 443 g/mol. The zero-order chi connectivity index (χ0) is 17.5. The second kappa shape index (κ2) is 9.00. The highest BCUT2D eigenvalue weighted by Gasteiger charge is 2.21. The molecular formula is C17H22IN3O3. The summed E-state index contributed by atoms with van der Waals surface area (Å²) in [5.41, 5.74) is 6.23. The molecule has 1 aliphatic rings. The van der Waals surface area contributed by atoms with Gasteiger partial charge >= 0.3 is 0 Å². The van der Waals surface area contributed by atoms with E-state index in [1.54, 1.807) is 12.1 Å². The first-order valence-electron chi connectivity index (χ1n) is 8.10. The van der Waals surface area contributed by atoms with Gasteiger partial charge in [-0.05, 0) is 60.1 Å². The van der Waals surface area contributed by atoms with Gasteiger partial charge in [0.1, 0.15) is 0 Å². The topological polar surface area (TPSA) is 87.3 Å². The fraction of sp³-hybridized carbons (Fsp3) is 0.471. The molecule has 1 saturated carbocycles. The highest BCUT2D eigenvalue weighted by atomic mass is 127. The van der Waals surface area contributed by atoms with Gasteiger partial charge in [0.25, 0.3) is 11.8 Å². The Kier molecular flexibility index (Phi) is 7.01. The van der Waals surface area contributed by atoms with Gasteiger partial charge in [-0.25, -0.2) is 0 Å². The van der Waals surface area contributed by atoms with Crippen LogP contribution in [0.25, 0.3) is 0 Å².